The van der Waals surface area contributed by atoms with Crippen LogP contribution in [0.4, 0.5) is 5.82 Å². The number of aromatic nitrogens is 2. The number of phenolic OH excluding ortho intramolecular Hbond substituents is 1. The van der Waals surface area contributed by atoms with Gasteiger partial charge in [0.15, 0.2) is 0 Å². The highest BCUT2D eigenvalue weighted by molar-refractivity contribution is 5.73. The van der Waals surface area contributed by atoms with Crippen LogP contribution in [0.5, 0.6) is 5.75 Å². The third kappa shape index (κ3) is 3.19. The second-order valence-corrected chi connectivity index (χ2v) is 8.96. The second kappa shape index (κ2) is 7.26. The minimum atomic E-state index is 0.149. The van der Waals surface area contributed by atoms with Crippen LogP contribution in [-0.2, 0) is 17.6 Å². The smallest absolute Gasteiger partial charge is 0.149 e. The van der Waals surface area contributed by atoms with E-state index in [2.05, 4.69) is 39.9 Å². The van der Waals surface area contributed by atoms with Gasteiger partial charge in [-0.3, -0.25) is 0 Å². The van der Waals surface area contributed by atoms with Crippen molar-refractivity contribution < 1.29 is 9.84 Å². The standard InChI is InChI=1S/C23H30N4O2/c1-14-12-19(25-22-15(2)29-13-23(22)8-10-24-11-9-23)26-27-20(14)18-7-6-16-4-3-5-17(16)21(18)28/h6-7,12,15,22,24,28H,3-5,8-11,13H2,1-2H3,(H,25,26)/t15-,22-/m1/s1. The summed E-state index contributed by atoms with van der Waals surface area (Å²) >= 11 is 0. The number of anilines is 1. The van der Waals surface area contributed by atoms with Crippen LogP contribution in [0.3, 0.4) is 0 Å². The third-order valence-electron chi connectivity index (χ3n) is 7.16. The molecule has 2 saturated heterocycles. The number of phenols is 1. The normalized spacial score (nSPS) is 25.3. The number of benzene rings is 1. The van der Waals surface area contributed by atoms with E-state index in [1.165, 1.54) is 5.56 Å². The molecule has 0 amide bonds. The first-order valence-corrected chi connectivity index (χ1v) is 10.8. The van der Waals surface area contributed by atoms with Gasteiger partial charge in [-0.25, -0.2) is 0 Å². The minimum Gasteiger partial charge on any atom is -0.507 e. The number of piperidine rings is 1. The fourth-order valence-electron chi connectivity index (χ4n) is 5.45. The molecule has 5 rings (SSSR count). The molecule has 1 aromatic heterocycles. The first kappa shape index (κ1) is 18.8. The predicted molar refractivity (Wildman–Crippen MR) is 113 cm³/mol. The Morgan fingerprint density at radius 3 is 2.83 bits per heavy atom. The molecule has 0 unspecified atom stereocenters. The number of ether oxygens (including phenoxy) is 1. The SMILES string of the molecule is Cc1cc(N[C@@H]2[C@@H](C)OCC23CCNCC3)nnc1-c1ccc2c(c1O)CCC2. The first-order valence-electron chi connectivity index (χ1n) is 10.8. The Bertz CT molecular complexity index is 918. The van der Waals surface area contributed by atoms with Crippen molar-refractivity contribution in [3.63, 3.8) is 0 Å². The maximum atomic E-state index is 10.8. The van der Waals surface area contributed by atoms with E-state index in [-0.39, 0.29) is 17.6 Å². The van der Waals surface area contributed by atoms with Crippen LogP contribution in [0.1, 0.15) is 42.9 Å². The lowest BCUT2D eigenvalue weighted by molar-refractivity contribution is 0.0952. The number of rotatable bonds is 3. The molecular weight excluding hydrogens is 364 g/mol. The van der Waals surface area contributed by atoms with Gasteiger partial charge in [-0.2, -0.15) is 0 Å². The van der Waals surface area contributed by atoms with E-state index in [4.69, 9.17) is 4.74 Å². The molecule has 3 N–H and O–H groups in total. The summed E-state index contributed by atoms with van der Waals surface area (Å²) in [7, 11) is 0. The largest absolute Gasteiger partial charge is 0.507 e. The van der Waals surface area contributed by atoms with Crippen molar-refractivity contribution in [3.8, 4) is 17.0 Å². The number of aryl methyl sites for hydroxylation is 2. The third-order valence-corrected chi connectivity index (χ3v) is 7.16. The van der Waals surface area contributed by atoms with E-state index >= 15 is 0 Å². The fraction of sp³-hybridized carbons (Fsp3) is 0.565. The molecule has 3 aliphatic rings. The molecule has 2 aliphatic heterocycles. The summed E-state index contributed by atoms with van der Waals surface area (Å²) in [5.74, 6) is 1.16. The monoisotopic (exact) mass is 394 g/mol. The molecule has 3 heterocycles. The molecule has 1 spiro atoms. The molecule has 29 heavy (non-hydrogen) atoms. The van der Waals surface area contributed by atoms with E-state index in [9.17, 15) is 5.11 Å². The van der Waals surface area contributed by atoms with Crippen molar-refractivity contribution in [1.29, 1.82) is 0 Å². The Morgan fingerprint density at radius 2 is 2.03 bits per heavy atom. The minimum absolute atomic E-state index is 0.149. The topological polar surface area (TPSA) is 79.3 Å². The van der Waals surface area contributed by atoms with Gasteiger partial charge >= 0.3 is 0 Å². The van der Waals surface area contributed by atoms with Crippen molar-refractivity contribution in [2.75, 3.05) is 25.0 Å². The fourth-order valence-corrected chi connectivity index (χ4v) is 5.45. The molecule has 0 radical (unpaired) electrons. The van der Waals surface area contributed by atoms with Gasteiger partial charge in [-0.1, -0.05) is 6.07 Å². The summed E-state index contributed by atoms with van der Waals surface area (Å²) in [5.41, 5.74) is 5.07. The van der Waals surface area contributed by atoms with Gasteiger partial charge in [-0.15, -0.1) is 10.2 Å². The highest BCUT2D eigenvalue weighted by atomic mass is 16.5. The summed E-state index contributed by atoms with van der Waals surface area (Å²) in [6.45, 7) is 7.06. The summed E-state index contributed by atoms with van der Waals surface area (Å²) in [4.78, 5) is 0. The Labute approximate surface area is 172 Å². The van der Waals surface area contributed by atoms with Gasteiger partial charge < -0.3 is 20.5 Å². The van der Waals surface area contributed by atoms with Crippen molar-refractivity contribution in [2.24, 2.45) is 5.41 Å². The number of nitrogens with one attached hydrogen (secondary N) is 2. The first-order chi connectivity index (χ1) is 14.1. The van der Waals surface area contributed by atoms with Crippen LogP contribution in [0.25, 0.3) is 11.3 Å². The molecule has 6 nitrogen and oxygen atoms in total. The summed E-state index contributed by atoms with van der Waals surface area (Å²) in [6.07, 6.45) is 5.48. The number of nitrogens with zero attached hydrogens (tertiary/aromatic N) is 2. The highest BCUT2D eigenvalue weighted by Crippen LogP contribution is 2.42. The van der Waals surface area contributed by atoms with Crippen LogP contribution in [-0.4, -0.2) is 47.1 Å². The van der Waals surface area contributed by atoms with Gasteiger partial charge in [0.25, 0.3) is 0 Å². The quantitative estimate of drug-likeness (QED) is 0.742. The molecule has 2 atom stereocenters. The summed E-state index contributed by atoms with van der Waals surface area (Å²) in [5, 5.41) is 26.9. The Morgan fingerprint density at radius 1 is 1.21 bits per heavy atom. The molecule has 1 aromatic carbocycles. The average Bonchev–Trinajstić information content (AvgIpc) is 3.31. The maximum absolute atomic E-state index is 10.8. The lowest BCUT2D eigenvalue weighted by atomic mass is 9.73. The summed E-state index contributed by atoms with van der Waals surface area (Å²) < 4.78 is 6.04. The lowest BCUT2D eigenvalue weighted by Crippen LogP contribution is -2.48. The molecule has 2 aromatic rings. The zero-order valence-corrected chi connectivity index (χ0v) is 17.3. The Kier molecular flexibility index (Phi) is 4.71. The number of hydrogen-bond acceptors (Lipinski definition) is 6. The van der Waals surface area contributed by atoms with Crippen LogP contribution in [0.15, 0.2) is 18.2 Å². The molecule has 1 aliphatic carbocycles. The molecule has 154 valence electrons. The van der Waals surface area contributed by atoms with Gasteiger partial charge in [0.05, 0.1) is 24.4 Å². The van der Waals surface area contributed by atoms with E-state index in [0.29, 0.717) is 5.75 Å². The molecule has 0 bridgehead atoms. The number of aromatic hydroxyl groups is 1. The van der Waals surface area contributed by atoms with Crippen LogP contribution < -0.4 is 10.6 Å². The summed E-state index contributed by atoms with van der Waals surface area (Å²) in [6, 6.07) is 6.40. The van der Waals surface area contributed by atoms with Gasteiger partial charge in [0.1, 0.15) is 11.6 Å². The van der Waals surface area contributed by atoms with Crippen molar-refractivity contribution in [2.45, 2.75) is 58.1 Å². The van der Waals surface area contributed by atoms with E-state index in [1.54, 1.807) is 0 Å². The van der Waals surface area contributed by atoms with Gasteiger partial charge in [0, 0.05) is 11.0 Å². The molecule has 0 saturated carbocycles. The zero-order valence-electron chi connectivity index (χ0n) is 17.3. The maximum Gasteiger partial charge on any atom is 0.149 e. The lowest BCUT2D eigenvalue weighted by Gasteiger charge is -2.39. The van der Waals surface area contributed by atoms with Crippen molar-refractivity contribution in [1.82, 2.24) is 15.5 Å². The number of fused-ring (bicyclic) bond motifs is 1. The zero-order chi connectivity index (χ0) is 20.0. The van der Waals surface area contributed by atoms with E-state index < -0.39 is 0 Å². The van der Waals surface area contributed by atoms with Crippen LogP contribution in [0.2, 0.25) is 0 Å². The Hall–Kier alpha value is -2.18. The predicted octanol–water partition coefficient (Wildman–Crippen LogP) is 3.22. The van der Waals surface area contributed by atoms with Gasteiger partial charge in [-0.05, 0) is 87.9 Å². The van der Waals surface area contributed by atoms with E-state index in [1.807, 2.05) is 13.0 Å². The number of hydrogen-bond donors (Lipinski definition) is 3. The van der Waals surface area contributed by atoms with Crippen molar-refractivity contribution in [3.05, 3.63) is 34.9 Å². The molecule has 6 heteroatoms. The molecular formula is C23H30N4O2. The van der Waals surface area contributed by atoms with Crippen LogP contribution >= 0.6 is 0 Å². The average molecular weight is 395 g/mol. The van der Waals surface area contributed by atoms with Crippen molar-refractivity contribution >= 4 is 5.82 Å². The second-order valence-electron chi connectivity index (χ2n) is 8.96. The Balaban J connectivity index is 1.42. The van der Waals surface area contributed by atoms with Gasteiger partial charge in [0.2, 0.25) is 0 Å². The molecule has 2 fully saturated rings. The van der Waals surface area contributed by atoms with E-state index in [0.717, 1.165) is 80.0 Å². The highest BCUT2D eigenvalue weighted by Gasteiger charge is 2.48. The van der Waals surface area contributed by atoms with Crippen LogP contribution in [0, 0.1) is 12.3 Å².